The van der Waals surface area contributed by atoms with Crippen molar-refractivity contribution in [3.05, 3.63) is 101 Å². The Morgan fingerprint density at radius 3 is 2.65 bits per heavy atom. The fourth-order valence-electron chi connectivity index (χ4n) is 4.28. The van der Waals surface area contributed by atoms with E-state index in [2.05, 4.69) is 22.5 Å². The van der Waals surface area contributed by atoms with Crippen LogP contribution in [0.5, 0.6) is 11.5 Å². The smallest absolute Gasteiger partial charge is 0.251 e. The lowest BCUT2D eigenvalue weighted by atomic mass is 10.1. The van der Waals surface area contributed by atoms with Crippen molar-refractivity contribution in [2.45, 2.75) is 38.8 Å². The minimum atomic E-state index is -0.273. The molecule has 7 heteroatoms. The van der Waals surface area contributed by atoms with E-state index in [0.717, 1.165) is 59.7 Å². The van der Waals surface area contributed by atoms with Gasteiger partial charge < -0.3 is 19.4 Å². The van der Waals surface area contributed by atoms with Gasteiger partial charge in [0.2, 0.25) is 0 Å². The van der Waals surface area contributed by atoms with Crippen LogP contribution in [0.25, 0.3) is 11.0 Å². The van der Waals surface area contributed by atoms with Crippen LogP contribution in [-0.2, 0) is 13.0 Å². The fraction of sp³-hybridized carbons (Fsp3) is 0.267. The molecule has 37 heavy (non-hydrogen) atoms. The van der Waals surface area contributed by atoms with Gasteiger partial charge >= 0.3 is 0 Å². The number of ether oxygens (including phenoxy) is 2. The number of allylic oxidation sites excluding steroid dienone is 1. The Balaban J connectivity index is 1.40. The first kappa shape index (κ1) is 26.3. The predicted octanol–water partition coefficient (Wildman–Crippen LogP) is 6.78. The number of nitrogens with zero attached hydrogens (tertiary/aromatic N) is 2. The molecule has 3 aromatic carbocycles. The summed E-state index contributed by atoms with van der Waals surface area (Å²) in [6.07, 6.45) is 4.40. The second-order valence-electron chi connectivity index (χ2n) is 8.85. The topological polar surface area (TPSA) is 65.4 Å². The van der Waals surface area contributed by atoms with E-state index in [4.69, 9.17) is 26.1 Å². The number of unbranched alkanes of at least 4 members (excludes halogenated alkanes) is 1. The Morgan fingerprint density at radius 1 is 1.11 bits per heavy atom. The summed E-state index contributed by atoms with van der Waals surface area (Å²) in [4.78, 5) is 17.6. The van der Waals surface area contributed by atoms with E-state index in [9.17, 15) is 4.79 Å². The van der Waals surface area contributed by atoms with Crippen LogP contribution in [-0.4, -0.2) is 29.2 Å². The highest BCUT2D eigenvalue weighted by molar-refractivity contribution is 6.30. The van der Waals surface area contributed by atoms with Crippen molar-refractivity contribution in [3.8, 4) is 11.5 Å². The number of nitrogens with one attached hydrogen (secondary N) is 1. The highest BCUT2D eigenvalue weighted by Gasteiger charge is 2.19. The number of para-hydroxylation sites is 2. The molecular formula is C30H32ClN3O3. The quantitative estimate of drug-likeness (QED) is 0.166. The maximum atomic E-state index is 12.8. The number of aromatic nitrogens is 2. The monoisotopic (exact) mass is 517 g/mol. The van der Waals surface area contributed by atoms with Crippen LogP contribution in [0.3, 0.4) is 0 Å². The van der Waals surface area contributed by atoms with Gasteiger partial charge in [-0.15, -0.1) is 6.58 Å². The highest BCUT2D eigenvalue weighted by atomic mass is 35.5. The molecule has 0 fully saturated rings. The largest absolute Gasteiger partial charge is 0.493 e. The summed E-state index contributed by atoms with van der Waals surface area (Å²) in [5.41, 5.74) is 3.65. The lowest BCUT2D eigenvalue weighted by Gasteiger charge is -2.17. The molecule has 0 aliphatic heterocycles. The molecule has 1 N–H and O–H groups in total. The van der Waals surface area contributed by atoms with E-state index in [-0.39, 0.29) is 11.9 Å². The van der Waals surface area contributed by atoms with Crippen molar-refractivity contribution in [2.24, 2.45) is 0 Å². The number of imidazole rings is 1. The van der Waals surface area contributed by atoms with Crippen molar-refractivity contribution in [1.82, 2.24) is 14.9 Å². The molecular weight excluding hydrogens is 486 g/mol. The third-order valence-corrected chi connectivity index (χ3v) is 6.42. The first-order valence-corrected chi connectivity index (χ1v) is 12.8. The van der Waals surface area contributed by atoms with Crippen molar-refractivity contribution in [1.29, 1.82) is 0 Å². The highest BCUT2D eigenvalue weighted by Crippen LogP contribution is 2.29. The van der Waals surface area contributed by atoms with E-state index in [0.29, 0.717) is 17.2 Å². The number of halogens is 1. The summed E-state index contributed by atoms with van der Waals surface area (Å²) >= 11 is 5.96. The van der Waals surface area contributed by atoms with E-state index in [1.165, 1.54) is 0 Å². The van der Waals surface area contributed by atoms with Crippen molar-refractivity contribution >= 4 is 28.5 Å². The molecule has 0 saturated carbocycles. The Bertz CT molecular complexity index is 1360. The predicted molar refractivity (Wildman–Crippen MR) is 149 cm³/mol. The molecule has 1 unspecified atom stereocenters. The first-order chi connectivity index (χ1) is 18.0. The average Bonchev–Trinajstić information content (AvgIpc) is 3.28. The van der Waals surface area contributed by atoms with Crippen LogP contribution < -0.4 is 14.8 Å². The molecule has 0 aliphatic carbocycles. The number of hydrogen-bond donors (Lipinski definition) is 1. The second kappa shape index (κ2) is 12.5. The number of fused-ring (bicyclic) bond motifs is 1. The van der Waals surface area contributed by atoms with Gasteiger partial charge in [-0.3, -0.25) is 4.79 Å². The van der Waals surface area contributed by atoms with Gasteiger partial charge in [-0.05, 0) is 80.3 Å². The molecule has 0 bridgehead atoms. The first-order valence-electron chi connectivity index (χ1n) is 12.4. The molecule has 1 aromatic heterocycles. The zero-order valence-electron chi connectivity index (χ0n) is 21.2. The van der Waals surface area contributed by atoms with Crippen molar-refractivity contribution in [3.63, 3.8) is 0 Å². The molecule has 0 spiro atoms. The summed E-state index contributed by atoms with van der Waals surface area (Å²) in [6, 6.07) is 20.6. The molecule has 1 amide bonds. The third-order valence-electron chi connectivity index (χ3n) is 6.17. The fourth-order valence-corrected chi connectivity index (χ4v) is 4.41. The number of carbonyl (C=O) groups is 1. The van der Waals surface area contributed by atoms with Crippen LogP contribution in [0.4, 0.5) is 0 Å². The van der Waals surface area contributed by atoms with Crippen molar-refractivity contribution in [2.75, 3.05) is 13.7 Å². The summed E-state index contributed by atoms with van der Waals surface area (Å²) in [5, 5.41) is 3.67. The number of carbonyl (C=O) groups excluding carboxylic acids is 1. The van der Waals surface area contributed by atoms with Gasteiger partial charge in [0, 0.05) is 17.1 Å². The van der Waals surface area contributed by atoms with Crippen LogP contribution in [0.2, 0.25) is 5.02 Å². The standard InChI is InChI=1S/C30H32ClN3O3/c1-4-9-22-12-17-27(28(20-22)36-3)37-19-8-7-18-34-26-11-6-5-10-25(26)33-29(34)21(2)32-30(35)23-13-15-24(31)16-14-23/h4-6,10-17,20-21H,1,7-9,18-19H2,2-3H3,(H,32,35). The average molecular weight is 518 g/mol. The summed E-state index contributed by atoms with van der Waals surface area (Å²) in [7, 11) is 1.65. The molecule has 4 aromatic rings. The number of hydrogen-bond acceptors (Lipinski definition) is 4. The maximum absolute atomic E-state index is 12.8. The third kappa shape index (κ3) is 6.52. The van der Waals surface area contributed by atoms with Crippen LogP contribution in [0, 0.1) is 0 Å². The van der Waals surface area contributed by atoms with Gasteiger partial charge in [0.15, 0.2) is 11.5 Å². The van der Waals surface area contributed by atoms with Gasteiger partial charge in [0.05, 0.1) is 30.8 Å². The Kier molecular flexibility index (Phi) is 8.86. The zero-order chi connectivity index (χ0) is 26.2. The van der Waals surface area contributed by atoms with E-state index in [1.807, 2.05) is 49.4 Å². The van der Waals surface area contributed by atoms with Gasteiger partial charge in [-0.25, -0.2) is 4.98 Å². The van der Waals surface area contributed by atoms with E-state index in [1.54, 1.807) is 31.4 Å². The molecule has 0 saturated heterocycles. The molecule has 6 nitrogen and oxygen atoms in total. The summed E-state index contributed by atoms with van der Waals surface area (Å²) in [6.45, 7) is 7.07. The molecule has 4 rings (SSSR count). The molecule has 0 aliphatic rings. The molecule has 1 atom stereocenters. The van der Waals surface area contributed by atoms with Crippen LogP contribution in [0.1, 0.15) is 47.6 Å². The number of benzene rings is 3. The normalized spacial score (nSPS) is 11.8. The number of aryl methyl sites for hydroxylation is 1. The van der Waals surface area contributed by atoms with Crippen LogP contribution >= 0.6 is 11.6 Å². The summed E-state index contributed by atoms with van der Waals surface area (Å²) in [5.74, 6) is 2.13. The molecule has 192 valence electrons. The zero-order valence-corrected chi connectivity index (χ0v) is 22.0. The minimum Gasteiger partial charge on any atom is -0.493 e. The summed E-state index contributed by atoms with van der Waals surface area (Å²) < 4.78 is 13.7. The van der Waals surface area contributed by atoms with Crippen LogP contribution in [0.15, 0.2) is 79.4 Å². The molecule has 0 radical (unpaired) electrons. The van der Waals surface area contributed by atoms with E-state index >= 15 is 0 Å². The lowest BCUT2D eigenvalue weighted by Crippen LogP contribution is -2.28. The van der Waals surface area contributed by atoms with Gasteiger partial charge in [-0.1, -0.05) is 35.9 Å². The maximum Gasteiger partial charge on any atom is 0.251 e. The van der Waals surface area contributed by atoms with Gasteiger partial charge in [0.25, 0.3) is 5.91 Å². The van der Waals surface area contributed by atoms with E-state index < -0.39 is 0 Å². The number of rotatable bonds is 12. The number of amides is 1. The van der Waals surface area contributed by atoms with Gasteiger partial charge in [-0.2, -0.15) is 0 Å². The SMILES string of the molecule is C=CCc1ccc(OCCCCn2c(C(C)NC(=O)c3ccc(Cl)cc3)nc3ccccc32)c(OC)c1. The van der Waals surface area contributed by atoms with Crippen molar-refractivity contribution < 1.29 is 14.3 Å². The number of methoxy groups -OCH3 is 1. The Hall–Kier alpha value is -3.77. The Labute approximate surface area is 222 Å². The lowest BCUT2D eigenvalue weighted by molar-refractivity contribution is 0.0937. The van der Waals surface area contributed by atoms with Gasteiger partial charge in [0.1, 0.15) is 5.82 Å². The minimum absolute atomic E-state index is 0.163. The Morgan fingerprint density at radius 2 is 1.89 bits per heavy atom. The second-order valence-corrected chi connectivity index (χ2v) is 9.28. The molecule has 1 heterocycles.